The molecular formula is C32H36N8O2. The highest BCUT2D eigenvalue weighted by Gasteiger charge is 2.44. The number of nitrogens with zero attached hydrogens (tertiary/aromatic N) is 8. The van der Waals surface area contributed by atoms with Gasteiger partial charge in [0.15, 0.2) is 0 Å². The summed E-state index contributed by atoms with van der Waals surface area (Å²) in [5.74, 6) is 1.72. The van der Waals surface area contributed by atoms with Crippen LogP contribution in [0.4, 0.5) is 5.82 Å². The molecule has 8 heterocycles. The van der Waals surface area contributed by atoms with Gasteiger partial charge in [0.2, 0.25) is 0 Å². The Hall–Kier alpha value is -4.04. The van der Waals surface area contributed by atoms with Gasteiger partial charge in [-0.05, 0) is 49.6 Å². The maximum atomic E-state index is 9.75. The van der Waals surface area contributed by atoms with Crippen molar-refractivity contribution in [2.24, 2.45) is 0 Å². The summed E-state index contributed by atoms with van der Waals surface area (Å²) in [6.07, 6.45) is 9.68. The molecular weight excluding hydrogens is 528 g/mol. The smallest absolute Gasteiger partial charge is 0.138 e. The molecule has 216 valence electrons. The Morgan fingerprint density at radius 2 is 1.88 bits per heavy atom. The highest BCUT2D eigenvalue weighted by Crippen LogP contribution is 2.35. The minimum Gasteiger partial charge on any atom is -0.491 e. The van der Waals surface area contributed by atoms with Gasteiger partial charge < -0.3 is 14.4 Å². The second-order valence-electron chi connectivity index (χ2n) is 11.5. The van der Waals surface area contributed by atoms with E-state index in [4.69, 9.17) is 14.5 Å². The molecule has 10 heteroatoms. The minimum absolute atomic E-state index is 0.534. The predicted molar refractivity (Wildman–Crippen MR) is 160 cm³/mol. The third kappa shape index (κ3) is 5.43. The Labute approximate surface area is 246 Å². The zero-order valence-corrected chi connectivity index (χ0v) is 24.0. The molecule has 0 radical (unpaired) electrons. The largest absolute Gasteiger partial charge is 0.491 e. The zero-order valence-electron chi connectivity index (χ0n) is 24.0. The first-order valence-corrected chi connectivity index (χ1v) is 14.9. The summed E-state index contributed by atoms with van der Waals surface area (Å²) in [5, 5.41) is 14.2. The van der Waals surface area contributed by atoms with Gasteiger partial charge in [0.05, 0.1) is 36.7 Å². The molecule has 42 heavy (non-hydrogen) atoms. The van der Waals surface area contributed by atoms with E-state index in [1.165, 1.54) is 12.0 Å². The van der Waals surface area contributed by atoms with Crippen molar-refractivity contribution in [3.8, 4) is 22.9 Å². The van der Waals surface area contributed by atoms with Crippen LogP contribution in [0.25, 0.3) is 16.6 Å². The molecule has 0 N–H and O–H groups in total. The monoisotopic (exact) mass is 564 g/mol. The molecule has 4 aliphatic heterocycles. The van der Waals surface area contributed by atoms with Crippen LogP contribution in [-0.2, 0) is 11.2 Å². The molecule has 0 amide bonds. The number of nitriles is 1. The van der Waals surface area contributed by atoms with Crippen LogP contribution in [0.1, 0.15) is 23.2 Å². The number of piperidine rings is 1. The van der Waals surface area contributed by atoms with Crippen molar-refractivity contribution in [2.45, 2.75) is 31.8 Å². The molecule has 2 atom stereocenters. The predicted octanol–water partition coefficient (Wildman–Crippen LogP) is 3.19. The van der Waals surface area contributed by atoms with E-state index in [0.29, 0.717) is 24.3 Å². The van der Waals surface area contributed by atoms with Crippen LogP contribution in [0, 0.1) is 18.3 Å². The van der Waals surface area contributed by atoms with E-state index in [0.717, 1.165) is 92.8 Å². The van der Waals surface area contributed by atoms with E-state index in [1.807, 2.05) is 31.6 Å². The van der Waals surface area contributed by atoms with Gasteiger partial charge in [0.1, 0.15) is 24.2 Å². The Morgan fingerprint density at radius 1 is 1.02 bits per heavy atom. The molecule has 4 aliphatic rings. The lowest BCUT2D eigenvalue weighted by molar-refractivity contribution is 0.000311. The second-order valence-corrected chi connectivity index (χ2v) is 11.5. The number of morpholine rings is 1. The first-order chi connectivity index (χ1) is 20.6. The lowest BCUT2D eigenvalue weighted by atomic mass is 9.87. The number of rotatable bonds is 9. The third-order valence-electron chi connectivity index (χ3n) is 8.85. The second kappa shape index (κ2) is 11.7. The Morgan fingerprint density at radius 3 is 2.62 bits per heavy atom. The van der Waals surface area contributed by atoms with Crippen molar-refractivity contribution in [1.82, 2.24) is 29.4 Å². The van der Waals surface area contributed by atoms with Gasteiger partial charge >= 0.3 is 0 Å². The Balaban J connectivity index is 1.03. The molecule has 10 nitrogen and oxygen atoms in total. The van der Waals surface area contributed by atoms with Gasteiger partial charge in [0.25, 0.3) is 0 Å². The molecule has 8 rings (SSSR count). The molecule has 4 aromatic rings. The summed E-state index contributed by atoms with van der Waals surface area (Å²) in [5.41, 5.74) is 5.50. The average Bonchev–Trinajstić information content (AvgIpc) is 3.45. The van der Waals surface area contributed by atoms with Gasteiger partial charge in [-0.2, -0.15) is 10.4 Å². The zero-order chi connectivity index (χ0) is 28.5. The standard InChI is InChI=1S/C32H36N8O2/c1-23-2-3-24(17-34-23)6-7-39-27-14-28(39)21-38(20-27)31-5-4-25(18-35-31)30-15-29(22-40-32(30)26(16-33)19-36-40)42-13-10-37-8-11-41-12-9-37/h2-5,15,17-19,22,27-28H,6-14,20-21H2,1H3. The summed E-state index contributed by atoms with van der Waals surface area (Å²) in [6.45, 7) is 9.90. The topological polar surface area (TPSA) is 95.1 Å². The van der Waals surface area contributed by atoms with Crippen molar-refractivity contribution in [1.29, 1.82) is 5.26 Å². The number of aromatic nitrogens is 4. The average molecular weight is 565 g/mol. The lowest BCUT2D eigenvalue weighted by Gasteiger charge is -2.56. The molecule has 0 aromatic carbocycles. The summed E-state index contributed by atoms with van der Waals surface area (Å²) >= 11 is 0. The number of ether oxygens (including phenoxy) is 2. The third-order valence-corrected chi connectivity index (χ3v) is 8.85. The SMILES string of the molecule is Cc1ccc(CCN2C3CC2CN(c2ccc(-c4cc(OCCN5CCOCC5)cn5ncc(C#N)c45)cn2)C3)cn1. The summed E-state index contributed by atoms with van der Waals surface area (Å²) in [6, 6.07) is 13.9. The normalized spacial score (nSPS) is 20.8. The van der Waals surface area contributed by atoms with E-state index in [2.05, 4.69) is 55.1 Å². The number of hydrogen-bond acceptors (Lipinski definition) is 9. The van der Waals surface area contributed by atoms with Gasteiger partial charge in [-0.15, -0.1) is 0 Å². The first kappa shape index (κ1) is 26.8. The van der Waals surface area contributed by atoms with Gasteiger partial charge in [-0.1, -0.05) is 6.07 Å². The molecule has 2 bridgehead atoms. The van der Waals surface area contributed by atoms with Crippen LogP contribution >= 0.6 is 0 Å². The summed E-state index contributed by atoms with van der Waals surface area (Å²) in [7, 11) is 0. The number of pyridine rings is 3. The Kier molecular flexibility index (Phi) is 7.46. The maximum absolute atomic E-state index is 9.75. The maximum Gasteiger partial charge on any atom is 0.138 e. The number of fused-ring (bicyclic) bond motifs is 3. The van der Waals surface area contributed by atoms with Crippen LogP contribution in [-0.4, -0.2) is 101 Å². The summed E-state index contributed by atoms with van der Waals surface area (Å²) in [4.78, 5) is 16.7. The highest BCUT2D eigenvalue weighted by atomic mass is 16.5. The van der Waals surface area contributed by atoms with Crippen LogP contribution < -0.4 is 9.64 Å². The van der Waals surface area contributed by atoms with E-state index >= 15 is 0 Å². The number of hydrogen-bond donors (Lipinski definition) is 0. The van der Waals surface area contributed by atoms with Crippen LogP contribution in [0.2, 0.25) is 0 Å². The molecule has 0 saturated carbocycles. The van der Waals surface area contributed by atoms with Crippen LogP contribution in [0.3, 0.4) is 0 Å². The van der Waals surface area contributed by atoms with Gasteiger partial charge in [-0.25, -0.2) is 9.50 Å². The van der Waals surface area contributed by atoms with Crippen molar-refractivity contribution < 1.29 is 9.47 Å². The number of anilines is 1. The number of aryl methyl sites for hydroxylation is 1. The Bertz CT molecular complexity index is 1560. The van der Waals surface area contributed by atoms with Gasteiger partial charge in [0, 0.05) is 80.6 Å². The molecule has 4 aromatic heterocycles. The fraction of sp³-hybridized carbons (Fsp3) is 0.438. The highest BCUT2D eigenvalue weighted by molar-refractivity contribution is 5.85. The van der Waals surface area contributed by atoms with Crippen molar-refractivity contribution in [3.05, 3.63) is 71.9 Å². The van der Waals surface area contributed by atoms with Crippen molar-refractivity contribution in [2.75, 3.05) is 64.0 Å². The quantitative estimate of drug-likeness (QED) is 0.304. The van der Waals surface area contributed by atoms with Crippen LogP contribution in [0.5, 0.6) is 5.75 Å². The van der Waals surface area contributed by atoms with Crippen molar-refractivity contribution >= 4 is 11.3 Å². The van der Waals surface area contributed by atoms with Gasteiger partial charge in [-0.3, -0.25) is 14.8 Å². The number of piperazine rings is 1. The molecule has 2 unspecified atom stereocenters. The first-order valence-electron chi connectivity index (χ1n) is 14.9. The van der Waals surface area contributed by atoms with E-state index < -0.39 is 0 Å². The fourth-order valence-corrected chi connectivity index (χ4v) is 6.47. The van der Waals surface area contributed by atoms with Crippen LogP contribution in [0.15, 0.2) is 55.1 Å². The van der Waals surface area contributed by atoms with Crippen molar-refractivity contribution in [3.63, 3.8) is 0 Å². The van der Waals surface area contributed by atoms with E-state index in [1.54, 1.807) is 10.7 Å². The van der Waals surface area contributed by atoms with E-state index in [9.17, 15) is 5.26 Å². The lowest BCUT2D eigenvalue weighted by Crippen LogP contribution is -2.69. The molecule has 0 spiro atoms. The fourth-order valence-electron chi connectivity index (χ4n) is 6.47. The summed E-state index contributed by atoms with van der Waals surface area (Å²) < 4.78 is 13.3. The molecule has 0 aliphatic carbocycles. The minimum atomic E-state index is 0.534. The molecule has 4 saturated heterocycles. The molecule has 4 fully saturated rings. The van der Waals surface area contributed by atoms with E-state index in [-0.39, 0.29) is 0 Å².